The van der Waals surface area contributed by atoms with Crippen LogP contribution in [0.5, 0.6) is 0 Å². The number of unbranched alkanes of at least 4 members (excludes halogenated alkanes) is 9. The first kappa shape index (κ1) is 32.7. The van der Waals surface area contributed by atoms with Gasteiger partial charge in [0.15, 0.2) is 5.78 Å². The molecule has 0 aliphatic carbocycles. The van der Waals surface area contributed by atoms with E-state index < -0.39 is 0 Å². The lowest BCUT2D eigenvalue weighted by Crippen LogP contribution is -2.29. The first-order chi connectivity index (χ1) is 21.5. The molecule has 0 atom stereocenters. The number of allylic oxidation sites excluding steroid dienone is 1. The lowest BCUT2D eigenvalue weighted by molar-refractivity contribution is -0.119. The fourth-order valence-corrected chi connectivity index (χ4v) is 5.21. The number of rotatable bonds is 19. The highest BCUT2D eigenvalue weighted by Crippen LogP contribution is 2.20. The van der Waals surface area contributed by atoms with Crippen LogP contribution >= 0.6 is 0 Å². The zero-order valence-electron chi connectivity index (χ0n) is 25.4. The predicted octanol–water partition coefficient (Wildman–Crippen LogP) is 8.81. The summed E-state index contributed by atoms with van der Waals surface area (Å²) in [5.74, 6) is -1.09. The van der Waals surface area contributed by atoms with Crippen molar-refractivity contribution in [1.29, 1.82) is 0 Å². The van der Waals surface area contributed by atoms with Gasteiger partial charge in [-0.3, -0.25) is 14.4 Å². The van der Waals surface area contributed by atoms with E-state index in [0.717, 1.165) is 30.6 Å². The Morgan fingerprint density at radius 3 is 1.82 bits per heavy atom. The van der Waals surface area contributed by atoms with E-state index in [0.29, 0.717) is 17.9 Å². The van der Waals surface area contributed by atoms with Crippen LogP contribution in [0.4, 0.5) is 10.1 Å². The number of hydrogen-bond acceptors (Lipinski definition) is 4. The van der Waals surface area contributed by atoms with Gasteiger partial charge in [-0.2, -0.15) is 0 Å². The summed E-state index contributed by atoms with van der Waals surface area (Å²) in [5.41, 5.74) is 4.40. The SMILES string of the molecule is O=C(/C=C/c1ccc(CCCCCCCCCCCCOCc2ccc(N3C(=O)C=CC3=O)cc2)cc1)c1ccc(F)cc1. The van der Waals surface area contributed by atoms with Crippen LogP contribution in [-0.4, -0.2) is 24.2 Å². The van der Waals surface area contributed by atoms with Crippen molar-refractivity contribution in [3.8, 4) is 0 Å². The molecule has 6 heteroatoms. The monoisotopic (exact) mass is 595 g/mol. The molecule has 0 spiro atoms. The van der Waals surface area contributed by atoms with Crippen LogP contribution in [0.2, 0.25) is 0 Å². The number of benzene rings is 3. The number of nitrogens with zero attached hydrogens (tertiary/aromatic N) is 1. The van der Waals surface area contributed by atoms with Crippen LogP contribution in [0.3, 0.4) is 0 Å². The van der Waals surface area contributed by atoms with Crippen molar-refractivity contribution >= 4 is 29.4 Å². The van der Waals surface area contributed by atoms with Crippen LogP contribution in [0, 0.1) is 5.82 Å². The summed E-state index contributed by atoms with van der Waals surface area (Å²) >= 11 is 0. The third kappa shape index (κ3) is 10.8. The van der Waals surface area contributed by atoms with Gasteiger partial charge in [-0.05, 0) is 78.4 Å². The zero-order chi connectivity index (χ0) is 31.0. The average Bonchev–Trinajstić information content (AvgIpc) is 3.38. The largest absolute Gasteiger partial charge is 0.377 e. The Morgan fingerprint density at radius 1 is 0.659 bits per heavy atom. The van der Waals surface area contributed by atoms with Gasteiger partial charge < -0.3 is 4.74 Å². The highest BCUT2D eigenvalue weighted by molar-refractivity contribution is 6.28. The van der Waals surface area contributed by atoms with E-state index in [9.17, 15) is 18.8 Å². The molecule has 1 heterocycles. The maximum Gasteiger partial charge on any atom is 0.258 e. The van der Waals surface area contributed by atoms with E-state index in [1.807, 2.05) is 24.3 Å². The first-order valence-electron chi connectivity index (χ1n) is 15.8. The smallest absolute Gasteiger partial charge is 0.258 e. The second-order valence-electron chi connectivity index (χ2n) is 11.3. The van der Waals surface area contributed by atoms with Crippen molar-refractivity contribution in [3.05, 3.63) is 119 Å². The molecule has 0 saturated carbocycles. The minimum atomic E-state index is -0.345. The van der Waals surface area contributed by atoms with Gasteiger partial charge >= 0.3 is 0 Å². The van der Waals surface area contributed by atoms with Crippen LogP contribution < -0.4 is 4.90 Å². The molecular formula is C38H42FNO4. The number of halogens is 1. The van der Waals surface area contributed by atoms with Gasteiger partial charge in [-0.1, -0.05) is 93.8 Å². The van der Waals surface area contributed by atoms with Crippen LogP contribution in [0.1, 0.15) is 91.3 Å². The van der Waals surface area contributed by atoms with Crippen LogP contribution in [0.15, 0.2) is 91.0 Å². The second kappa shape index (κ2) is 17.8. The standard InChI is InChI=1S/C38H42FNO4/c39-34-21-19-33(20-22-34)36(41)25-18-31-14-12-30(13-15-31)11-9-7-5-3-1-2-4-6-8-10-28-44-29-32-16-23-35(24-17-32)40-37(42)26-27-38(40)43/h12-27H,1-11,28-29H2/b25-18+. The van der Waals surface area contributed by atoms with Crippen molar-refractivity contribution in [3.63, 3.8) is 0 Å². The molecule has 0 unspecified atom stereocenters. The Morgan fingerprint density at radius 2 is 1.20 bits per heavy atom. The minimum absolute atomic E-state index is 0.132. The number of aryl methyl sites for hydroxylation is 1. The number of imide groups is 1. The Hall–Kier alpha value is -4.16. The number of carbonyl (C=O) groups excluding carboxylic acids is 3. The van der Waals surface area contributed by atoms with Crippen LogP contribution in [-0.2, 0) is 27.4 Å². The lowest BCUT2D eigenvalue weighted by Gasteiger charge is -2.14. The Labute approximate surface area is 260 Å². The van der Waals surface area contributed by atoms with Gasteiger partial charge in [0.25, 0.3) is 11.8 Å². The molecule has 230 valence electrons. The number of hydrogen-bond donors (Lipinski definition) is 0. The van der Waals surface area contributed by atoms with Gasteiger partial charge in [0, 0.05) is 24.3 Å². The highest BCUT2D eigenvalue weighted by atomic mass is 19.1. The fraction of sp³-hybridized carbons (Fsp3) is 0.342. The number of ketones is 1. The molecule has 0 bridgehead atoms. The first-order valence-corrected chi connectivity index (χ1v) is 15.8. The third-order valence-corrected chi connectivity index (χ3v) is 7.81. The predicted molar refractivity (Wildman–Crippen MR) is 174 cm³/mol. The normalized spacial score (nSPS) is 13.0. The van der Waals surface area contributed by atoms with E-state index in [-0.39, 0.29) is 23.4 Å². The Bertz CT molecular complexity index is 1390. The molecule has 0 N–H and O–H groups in total. The third-order valence-electron chi connectivity index (χ3n) is 7.81. The number of amides is 2. The molecule has 0 fully saturated rings. The molecule has 2 amide bonds. The molecule has 0 saturated heterocycles. The van der Waals surface area contributed by atoms with E-state index >= 15 is 0 Å². The Balaban J connectivity index is 0.947. The molecule has 3 aromatic rings. The van der Waals surface area contributed by atoms with Crippen molar-refractivity contribution in [2.45, 2.75) is 77.2 Å². The van der Waals surface area contributed by atoms with E-state index in [1.54, 1.807) is 18.2 Å². The van der Waals surface area contributed by atoms with E-state index in [4.69, 9.17) is 4.74 Å². The summed E-state index contributed by atoms with van der Waals surface area (Å²) in [6.07, 6.45) is 19.4. The van der Waals surface area contributed by atoms with Crippen molar-refractivity contribution in [2.24, 2.45) is 0 Å². The van der Waals surface area contributed by atoms with Crippen LogP contribution in [0.25, 0.3) is 6.08 Å². The summed E-state index contributed by atoms with van der Waals surface area (Å²) in [5, 5.41) is 0. The quantitative estimate of drug-likeness (QED) is 0.0601. The summed E-state index contributed by atoms with van der Waals surface area (Å²) in [4.78, 5) is 36.9. The van der Waals surface area contributed by atoms with Crippen molar-refractivity contribution < 1.29 is 23.5 Å². The maximum absolute atomic E-state index is 13.0. The number of ether oxygens (including phenoxy) is 1. The Kier molecular flexibility index (Phi) is 13.3. The molecule has 0 radical (unpaired) electrons. The zero-order valence-corrected chi connectivity index (χ0v) is 25.4. The van der Waals surface area contributed by atoms with Gasteiger partial charge in [0.05, 0.1) is 12.3 Å². The molecule has 3 aromatic carbocycles. The summed E-state index contributed by atoms with van der Waals surface area (Å²) in [6.45, 7) is 1.27. The minimum Gasteiger partial charge on any atom is -0.377 e. The number of anilines is 1. The lowest BCUT2D eigenvalue weighted by atomic mass is 10.0. The molecule has 4 rings (SSSR count). The van der Waals surface area contributed by atoms with Gasteiger partial charge in [-0.25, -0.2) is 9.29 Å². The summed E-state index contributed by atoms with van der Waals surface area (Å²) < 4.78 is 18.8. The molecular weight excluding hydrogens is 553 g/mol. The topological polar surface area (TPSA) is 63.7 Å². The van der Waals surface area contributed by atoms with Crippen molar-refractivity contribution in [1.82, 2.24) is 0 Å². The average molecular weight is 596 g/mol. The fourth-order valence-electron chi connectivity index (χ4n) is 5.21. The molecule has 0 aromatic heterocycles. The number of carbonyl (C=O) groups is 3. The van der Waals surface area contributed by atoms with Gasteiger partial charge in [0.1, 0.15) is 5.82 Å². The molecule has 5 nitrogen and oxygen atoms in total. The van der Waals surface area contributed by atoms with Crippen molar-refractivity contribution in [2.75, 3.05) is 11.5 Å². The van der Waals surface area contributed by atoms with Gasteiger partial charge in [0.2, 0.25) is 0 Å². The molecule has 1 aliphatic rings. The molecule has 44 heavy (non-hydrogen) atoms. The second-order valence-corrected chi connectivity index (χ2v) is 11.3. The summed E-state index contributed by atoms with van der Waals surface area (Å²) in [7, 11) is 0. The molecule has 1 aliphatic heterocycles. The van der Waals surface area contributed by atoms with E-state index in [2.05, 4.69) is 12.1 Å². The maximum atomic E-state index is 13.0. The van der Waals surface area contributed by atoms with E-state index in [1.165, 1.54) is 111 Å². The van der Waals surface area contributed by atoms with Gasteiger partial charge in [-0.15, -0.1) is 0 Å². The highest BCUT2D eigenvalue weighted by Gasteiger charge is 2.24. The summed E-state index contributed by atoms with van der Waals surface area (Å²) in [6, 6.07) is 21.3.